The first-order chi connectivity index (χ1) is 17.8. The Morgan fingerprint density at radius 1 is 0.919 bits per heavy atom. The fourth-order valence-electron chi connectivity index (χ4n) is 4.49. The van der Waals surface area contributed by atoms with Gasteiger partial charge in [-0.1, -0.05) is 36.4 Å². The van der Waals surface area contributed by atoms with Crippen molar-refractivity contribution in [2.24, 2.45) is 5.41 Å². The van der Waals surface area contributed by atoms with Crippen molar-refractivity contribution < 1.29 is 42.9 Å². The van der Waals surface area contributed by atoms with Crippen LogP contribution in [-0.4, -0.2) is 63.5 Å². The van der Waals surface area contributed by atoms with E-state index >= 15 is 0 Å². The summed E-state index contributed by atoms with van der Waals surface area (Å²) in [5.74, 6) is -3.48. The summed E-state index contributed by atoms with van der Waals surface area (Å²) in [5.41, 5.74) is -1.03. The SMILES string of the molecule is CCOC(=O)C(CC=C(C(=O)OC)C(=O)OC)(C[C@@H]1CCC[C@H](CCc2ccccc2)O1)C(=O)OCC. The van der Waals surface area contributed by atoms with E-state index < -0.39 is 41.0 Å². The molecule has 1 aromatic rings. The smallest absolute Gasteiger partial charge is 0.344 e. The molecule has 9 nitrogen and oxygen atoms in total. The first-order valence-corrected chi connectivity index (χ1v) is 12.7. The van der Waals surface area contributed by atoms with E-state index in [0.29, 0.717) is 6.42 Å². The van der Waals surface area contributed by atoms with Crippen LogP contribution in [0.25, 0.3) is 0 Å². The van der Waals surface area contributed by atoms with Gasteiger partial charge in [-0.05, 0) is 57.9 Å². The third kappa shape index (κ3) is 8.42. The van der Waals surface area contributed by atoms with E-state index in [4.69, 9.17) is 14.2 Å². The number of rotatable bonds is 13. The van der Waals surface area contributed by atoms with Crippen LogP contribution < -0.4 is 0 Å². The van der Waals surface area contributed by atoms with E-state index in [1.807, 2.05) is 18.2 Å². The van der Waals surface area contributed by atoms with Crippen molar-refractivity contribution in [2.45, 2.75) is 71.0 Å². The lowest BCUT2D eigenvalue weighted by Gasteiger charge is -2.36. The van der Waals surface area contributed by atoms with Gasteiger partial charge in [-0.2, -0.15) is 0 Å². The third-order valence-electron chi connectivity index (χ3n) is 6.41. The van der Waals surface area contributed by atoms with Gasteiger partial charge in [0.2, 0.25) is 0 Å². The van der Waals surface area contributed by atoms with Crippen molar-refractivity contribution in [3.8, 4) is 0 Å². The van der Waals surface area contributed by atoms with Gasteiger partial charge in [0.15, 0.2) is 5.41 Å². The molecule has 1 heterocycles. The molecule has 1 fully saturated rings. The second-order valence-corrected chi connectivity index (χ2v) is 8.87. The second kappa shape index (κ2) is 15.1. The van der Waals surface area contributed by atoms with Crippen molar-refractivity contribution in [3.63, 3.8) is 0 Å². The highest BCUT2D eigenvalue weighted by atomic mass is 16.6. The van der Waals surface area contributed by atoms with Crippen LogP contribution in [0.5, 0.6) is 0 Å². The van der Waals surface area contributed by atoms with E-state index in [-0.39, 0.29) is 32.2 Å². The molecule has 1 saturated heterocycles. The number of esters is 4. The summed E-state index contributed by atoms with van der Waals surface area (Å²) in [4.78, 5) is 51.0. The first kappa shape index (κ1) is 30.0. The Kier molecular flexibility index (Phi) is 12.3. The molecule has 0 spiro atoms. The predicted molar refractivity (Wildman–Crippen MR) is 134 cm³/mol. The molecule has 37 heavy (non-hydrogen) atoms. The summed E-state index contributed by atoms with van der Waals surface area (Å²) in [5, 5.41) is 0. The zero-order valence-electron chi connectivity index (χ0n) is 22.2. The maximum atomic E-state index is 13.3. The van der Waals surface area contributed by atoms with E-state index in [9.17, 15) is 19.2 Å². The van der Waals surface area contributed by atoms with Crippen LogP contribution in [-0.2, 0) is 49.3 Å². The molecule has 0 unspecified atom stereocenters. The number of carbonyl (C=O) groups is 4. The number of aryl methyl sites for hydroxylation is 1. The molecular formula is C28H38O9. The molecule has 0 aliphatic carbocycles. The molecule has 0 radical (unpaired) electrons. The molecular weight excluding hydrogens is 480 g/mol. The van der Waals surface area contributed by atoms with Gasteiger partial charge in [0.1, 0.15) is 5.57 Å². The van der Waals surface area contributed by atoms with Crippen molar-refractivity contribution in [1.82, 2.24) is 0 Å². The third-order valence-corrected chi connectivity index (χ3v) is 6.41. The summed E-state index contributed by atoms with van der Waals surface area (Å²) in [6.07, 6.45) is 4.45. The van der Waals surface area contributed by atoms with Crippen LogP contribution in [0.2, 0.25) is 0 Å². The Balaban J connectivity index is 2.33. The van der Waals surface area contributed by atoms with Crippen molar-refractivity contribution in [2.75, 3.05) is 27.4 Å². The number of methoxy groups -OCH3 is 2. The molecule has 204 valence electrons. The Hall–Kier alpha value is -3.20. The molecule has 1 aliphatic rings. The summed E-state index contributed by atoms with van der Waals surface area (Å²) in [6.45, 7) is 3.34. The van der Waals surface area contributed by atoms with Crippen LogP contribution in [0.3, 0.4) is 0 Å². The summed E-state index contributed by atoms with van der Waals surface area (Å²) < 4.78 is 26.3. The molecule has 0 saturated carbocycles. The van der Waals surface area contributed by atoms with Gasteiger partial charge in [-0.25, -0.2) is 9.59 Å². The lowest BCUT2D eigenvalue weighted by molar-refractivity contribution is -0.177. The topological polar surface area (TPSA) is 114 Å². The Morgan fingerprint density at radius 2 is 1.49 bits per heavy atom. The van der Waals surface area contributed by atoms with Gasteiger partial charge >= 0.3 is 23.9 Å². The maximum absolute atomic E-state index is 13.3. The minimum absolute atomic E-state index is 0.0152. The normalized spacial score (nSPS) is 17.3. The predicted octanol–water partition coefficient (Wildman–Crippen LogP) is 3.72. The van der Waals surface area contributed by atoms with Crippen LogP contribution in [0.15, 0.2) is 42.0 Å². The Morgan fingerprint density at radius 3 is 2.03 bits per heavy atom. The van der Waals surface area contributed by atoms with Crippen LogP contribution >= 0.6 is 0 Å². The largest absolute Gasteiger partial charge is 0.465 e. The molecule has 0 N–H and O–H groups in total. The van der Waals surface area contributed by atoms with Crippen molar-refractivity contribution >= 4 is 23.9 Å². The number of carbonyl (C=O) groups excluding carboxylic acids is 4. The van der Waals surface area contributed by atoms with Crippen LogP contribution in [0.4, 0.5) is 0 Å². The first-order valence-electron chi connectivity index (χ1n) is 12.7. The number of allylic oxidation sites excluding steroid dienone is 1. The minimum atomic E-state index is -1.81. The van der Waals surface area contributed by atoms with Gasteiger partial charge in [-0.15, -0.1) is 0 Å². The van der Waals surface area contributed by atoms with E-state index in [2.05, 4.69) is 21.6 Å². The standard InChI is InChI=1S/C28H38O9/c1-5-35-26(31)28(27(32)36-6-2,18-17-23(24(29)33-3)25(30)34-4)19-22-14-10-13-21(37-22)16-15-20-11-8-7-9-12-20/h7-9,11-12,17,21-22H,5-6,10,13-16,18-19H2,1-4H3/t21-,22+/m1/s1. The lowest BCUT2D eigenvalue weighted by Crippen LogP contribution is -2.46. The molecule has 0 amide bonds. The zero-order chi connectivity index (χ0) is 27.3. The van der Waals surface area contributed by atoms with Crippen LogP contribution in [0.1, 0.15) is 57.9 Å². The van der Waals surface area contributed by atoms with Gasteiger partial charge in [-0.3, -0.25) is 9.59 Å². The average molecular weight is 519 g/mol. The highest BCUT2D eigenvalue weighted by molar-refractivity contribution is 6.14. The highest BCUT2D eigenvalue weighted by Gasteiger charge is 2.50. The van der Waals surface area contributed by atoms with Crippen molar-refractivity contribution in [1.29, 1.82) is 0 Å². The summed E-state index contributed by atoms with van der Waals surface area (Å²) in [7, 11) is 2.24. The maximum Gasteiger partial charge on any atom is 0.344 e. The van der Waals surface area contributed by atoms with Gasteiger partial charge in [0.25, 0.3) is 0 Å². The van der Waals surface area contributed by atoms with Crippen LogP contribution in [0, 0.1) is 5.41 Å². The lowest BCUT2D eigenvalue weighted by atomic mass is 9.77. The van der Waals surface area contributed by atoms with E-state index in [1.165, 1.54) is 11.6 Å². The fourth-order valence-corrected chi connectivity index (χ4v) is 4.49. The number of hydrogen-bond acceptors (Lipinski definition) is 9. The van der Waals surface area contributed by atoms with E-state index in [1.54, 1.807) is 13.8 Å². The molecule has 2 rings (SSSR count). The zero-order valence-corrected chi connectivity index (χ0v) is 22.2. The molecule has 1 aromatic carbocycles. The number of benzene rings is 1. The average Bonchev–Trinajstić information content (AvgIpc) is 2.91. The molecule has 0 aromatic heterocycles. The van der Waals surface area contributed by atoms with Gasteiger partial charge in [0.05, 0.1) is 39.6 Å². The minimum Gasteiger partial charge on any atom is -0.465 e. The highest BCUT2D eigenvalue weighted by Crippen LogP contribution is 2.38. The molecule has 2 atom stereocenters. The monoisotopic (exact) mass is 518 g/mol. The molecule has 9 heteroatoms. The summed E-state index contributed by atoms with van der Waals surface area (Å²) >= 11 is 0. The van der Waals surface area contributed by atoms with Gasteiger partial charge in [0, 0.05) is 6.42 Å². The Bertz CT molecular complexity index is 902. The van der Waals surface area contributed by atoms with Crippen molar-refractivity contribution in [3.05, 3.63) is 47.5 Å². The quantitative estimate of drug-likeness (QED) is 0.127. The van der Waals surface area contributed by atoms with E-state index in [0.717, 1.165) is 39.9 Å². The molecule has 0 bridgehead atoms. The number of hydrogen-bond donors (Lipinski definition) is 0. The van der Waals surface area contributed by atoms with Gasteiger partial charge < -0.3 is 23.7 Å². The Labute approximate surface area is 218 Å². The second-order valence-electron chi connectivity index (χ2n) is 8.87. The molecule has 1 aliphatic heterocycles. The summed E-state index contributed by atoms with van der Waals surface area (Å²) in [6, 6.07) is 10.1. The number of ether oxygens (including phenoxy) is 5. The fraction of sp³-hybridized carbons (Fsp3) is 0.571.